The maximum absolute atomic E-state index is 6.24. The van der Waals surface area contributed by atoms with Crippen LogP contribution in [0.15, 0.2) is 59.1 Å². The van der Waals surface area contributed by atoms with Crippen LogP contribution >= 0.6 is 23.2 Å². The molecule has 0 bridgehead atoms. The number of aromatic nitrogens is 4. The topological polar surface area (TPSA) is 76.8 Å². The van der Waals surface area contributed by atoms with Gasteiger partial charge in [-0.3, -0.25) is 0 Å². The number of hydrogen-bond donors (Lipinski definition) is 1. The number of nitrogens with one attached hydrogen (secondary N) is 1. The maximum atomic E-state index is 6.24. The molecule has 0 spiro atoms. The summed E-state index contributed by atoms with van der Waals surface area (Å²) in [7, 11) is 0. The number of H-pyrrole nitrogens is 1. The first kappa shape index (κ1) is 17.0. The number of rotatable bonds is 4. The fraction of sp³-hybridized carbons (Fsp3) is 0.0500. The van der Waals surface area contributed by atoms with Crippen molar-refractivity contribution in [3.63, 3.8) is 0 Å². The predicted molar refractivity (Wildman–Crippen MR) is 108 cm³/mol. The van der Waals surface area contributed by atoms with Crippen LogP contribution in [0.25, 0.3) is 33.3 Å². The van der Waals surface area contributed by atoms with E-state index >= 15 is 0 Å². The van der Waals surface area contributed by atoms with E-state index in [0.717, 1.165) is 21.9 Å². The highest BCUT2D eigenvalue weighted by molar-refractivity contribution is 6.37. The first-order valence-corrected chi connectivity index (χ1v) is 9.21. The Hall–Kier alpha value is -3.09. The van der Waals surface area contributed by atoms with Gasteiger partial charge in [0, 0.05) is 22.5 Å². The molecule has 5 aromatic rings. The molecule has 0 saturated carbocycles. The smallest absolute Gasteiger partial charge is 0.254 e. The van der Waals surface area contributed by atoms with Crippen molar-refractivity contribution in [1.82, 2.24) is 20.2 Å². The molecule has 0 unspecified atom stereocenters. The lowest BCUT2D eigenvalue weighted by molar-refractivity contribution is 0.267. The van der Waals surface area contributed by atoms with Crippen molar-refractivity contribution in [3.8, 4) is 17.2 Å². The second kappa shape index (κ2) is 6.82. The van der Waals surface area contributed by atoms with E-state index in [2.05, 4.69) is 20.2 Å². The summed E-state index contributed by atoms with van der Waals surface area (Å²) < 4.78 is 11.6. The molecular weight excluding hydrogens is 399 g/mol. The number of benzene rings is 2. The Morgan fingerprint density at radius 3 is 2.79 bits per heavy atom. The third-order valence-electron chi connectivity index (χ3n) is 4.36. The Bertz CT molecular complexity index is 1310. The molecule has 0 fully saturated rings. The number of nitrogens with zero attached hydrogens (tertiary/aromatic N) is 3. The molecule has 0 amide bonds. The molecule has 5 rings (SSSR count). The van der Waals surface area contributed by atoms with Gasteiger partial charge in [-0.1, -0.05) is 53.5 Å². The Morgan fingerprint density at radius 1 is 1.00 bits per heavy atom. The molecule has 138 valence electrons. The minimum Gasteiger partial charge on any atom is -0.482 e. The second-order valence-electron chi connectivity index (χ2n) is 6.12. The van der Waals surface area contributed by atoms with Crippen molar-refractivity contribution in [2.75, 3.05) is 0 Å². The molecule has 2 aromatic carbocycles. The van der Waals surface area contributed by atoms with Crippen LogP contribution in [0.5, 0.6) is 5.75 Å². The van der Waals surface area contributed by atoms with Crippen LogP contribution in [0.4, 0.5) is 0 Å². The Labute approximate surface area is 169 Å². The lowest BCUT2D eigenvalue weighted by atomic mass is 10.2. The van der Waals surface area contributed by atoms with Gasteiger partial charge in [0.2, 0.25) is 5.89 Å². The summed E-state index contributed by atoms with van der Waals surface area (Å²) in [6, 6.07) is 15.0. The zero-order chi connectivity index (χ0) is 19.1. The van der Waals surface area contributed by atoms with Crippen LogP contribution in [0.3, 0.4) is 0 Å². The van der Waals surface area contributed by atoms with E-state index in [-0.39, 0.29) is 6.61 Å². The van der Waals surface area contributed by atoms with E-state index in [9.17, 15) is 0 Å². The third kappa shape index (κ3) is 2.96. The molecule has 0 radical (unpaired) electrons. The number of para-hydroxylation sites is 2. The highest BCUT2D eigenvalue weighted by Crippen LogP contribution is 2.32. The van der Waals surface area contributed by atoms with E-state index in [4.69, 9.17) is 32.4 Å². The van der Waals surface area contributed by atoms with E-state index in [1.165, 1.54) is 0 Å². The Kier molecular flexibility index (Phi) is 4.15. The number of halogens is 2. The largest absolute Gasteiger partial charge is 0.482 e. The number of ether oxygens (including phenoxy) is 1. The molecule has 0 atom stereocenters. The molecule has 0 saturated heterocycles. The van der Waals surface area contributed by atoms with E-state index in [1.807, 2.05) is 42.6 Å². The first-order valence-electron chi connectivity index (χ1n) is 8.45. The molecule has 28 heavy (non-hydrogen) atoms. The van der Waals surface area contributed by atoms with E-state index < -0.39 is 0 Å². The van der Waals surface area contributed by atoms with Gasteiger partial charge in [0.1, 0.15) is 16.4 Å². The fourth-order valence-electron chi connectivity index (χ4n) is 3.08. The number of hydrogen-bond acceptors (Lipinski definition) is 5. The number of pyridine rings is 1. The van der Waals surface area contributed by atoms with E-state index in [1.54, 1.807) is 12.1 Å². The minimum absolute atomic E-state index is 0.0975. The van der Waals surface area contributed by atoms with Crippen LogP contribution in [0, 0.1) is 0 Å². The molecule has 0 aliphatic carbocycles. The quantitative estimate of drug-likeness (QED) is 0.387. The fourth-order valence-corrected chi connectivity index (χ4v) is 3.58. The Morgan fingerprint density at radius 2 is 1.86 bits per heavy atom. The molecule has 8 heteroatoms. The third-order valence-corrected chi connectivity index (χ3v) is 4.86. The number of aromatic amines is 1. The molecule has 3 aromatic heterocycles. The van der Waals surface area contributed by atoms with Gasteiger partial charge >= 0.3 is 0 Å². The molecule has 6 nitrogen and oxygen atoms in total. The van der Waals surface area contributed by atoms with E-state index in [0.29, 0.717) is 33.2 Å². The van der Waals surface area contributed by atoms with Crippen molar-refractivity contribution >= 4 is 45.0 Å². The van der Waals surface area contributed by atoms with Gasteiger partial charge in [0.05, 0.1) is 10.6 Å². The average Bonchev–Trinajstić information content (AvgIpc) is 3.33. The zero-order valence-corrected chi connectivity index (χ0v) is 15.8. The first-order chi connectivity index (χ1) is 13.7. The van der Waals surface area contributed by atoms with Crippen molar-refractivity contribution in [1.29, 1.82) is 0 Å². The summed E-state index contributed by atoms with van der Waals surface area (Å²) in [5, 5.41) is 10.8. The molecule has 1 N–H and O–H groups in total. The van der Waals surface area contributed by atoms with Gasteiger partial charge in [-0.25, -0.2) is 4.98 Å². The summed E-state index contributed by atoms with van der Waals surface area (Å²) >= 11 is 12.3. The van der Waals surface area contributed by atoms with Crippen LogP contribution in [-0.4, -0.2) is 20.2 Å². The molecular formula is C20H12Cl2N4O2. The van der Waals surface area contributed by atoms with Crippen molar-refractivity contribution in [2.24, 2.45) is 0 Å². The van der Waals surface area contributed by atoms with Crippen LogP contribution in [-0.2, 0) is 6.61 Å². The second-order valence-corrected chi connectivity index (χ2v) is 6.91. The SMILES string of the molecule is Clc1cc(Cl)c2cccc(OCc3nnc(-c4c[nH]c5ccccc45)o3)c2n1. The predicted octanol–water partition coefficient (Wildman–Crippen LogP) is 5.65. The van der Waals surface area contributed by atoms with Gasteiger partial charge in [-0.05, 0) is 18.2 Å². The summed E-state index contributed by atoms with van der Waals surface area (Å²) in [5.41, 5.74) is 2.43. The van der Waals surface area contributed by atoms with Gasteiger partial charge in [-0.15, -0.1) is 10.2 Å². The van der Waals surface area contributed by atoms with Gasteiger partial charge in [0.15, 0.2) is 6.61 Å². The van der Waals surface area contributed by atoms with Crippen molar-refractivity contribution in [2.45, 2.75) is 6.61 Å². The van der Waals surface area contributed by atoms with Gasteiger partial charge in [0.25, 0.3) is 5.89 Å². The summed E-state index contributed by atoms with van der Waals surface area (Å²) in [5.74, 6) is 1.32. The monoisotopic (exact) mass is 410 g/mol. The van der Waals surface area contributed by atoms with Gasteiger partial charge in [-0.2, -0.15) is 0 Å². The Balaban J connectivity index is 1.42. The highest BCUT2D eigenvalue weighted by atomic mass is 35.5. The molecule has 0 aliphatic heterocycles. The highest BCUT2D eigenvalue weighted by Gasteiger charge is 2.14. The molecule has 0 aliphatic rings. The lowest BCUT2D eigenvalue weighted by Crippen LogP contribution is -1.97. The van der Waals surface area contributed by atoms with Crippen molar-refractivity contribution in [3.05, 3.63) is 70.8 Å². The molecule has 3 heterocycles. The minimum atomic E-state index is 0.0975. The van der Waals surface area contributed by atoms with Crippen LogP contribution in [0.1, 0.15) is 5.89 Å². The lowest BCUT2D eigenvalue weighted by Gasteiger charge is -2.08. The number of fused-ring (bicyclic) bond motifs is 2. The average molecular weight is 411 g/mol. The summed E-state index contributed by atoms with van der Waals surface area (Å²) in [6.07, 6.45) is 1.85. The van der Waals surface area contributed by atoms with Crippen LogP contribution in [0.2, 0.25) is 10.2 Å². The summed E-state index contributed by atoms with van der Waals surface area (Å²) in [4.78, 5) is 7.51. The van der Waals surface area contributed by atoms with Gasteiger partial charge < -0.3 is 14.1 Å². The maximum Gasteiger partial charge on any atom is 0.254 e. The summed E-state index contributed by atoms with van der Waals surface area (Å²) in [6.45, 7) is 0.0975. The van der Waals surface area contributed by atoms with Crippen molar-refractivity contribution < 1.29 is 9.15 Å². The normalized spacial score (nSPS) is 11.4. The standard InChI is InChI=1S/C20H12Cl2N4O2/c21-14-8-17(22)24-19-12(14)5-3-7-16(19)27-10-18-25-26-20(28-18)13-9-23-15-6-2-1-4-11(13)15/h1-9,23H,10H2. The van der Waals surface area contributed by atoms with Crippen LogP contribution < -0.4 is 4.74 Å². The zero-order valence-electron chi connectivity index (χ0n) is 14.3.